The SMILES string of the molecule is CSc1ccccc1Oc1ccc(Cl)cc1C(N)=NO. The lowest BCUT2D eigenvalue weighted by Gasteiger charge is -2.13. The molecular weight excluding hydrogens is 296 g/mol. The summed E-state index contributed by atoms with van der Waals surface area (Å²) >= 11 is 7.50. The minimum Gasteiger partial charge on any atom is -0.455 e. The van der Waals surface area contributed by atoms with Crippen molar-refractivity contribution >= 4 is 29.2 Å². The third kappa shape index (κ3) is 3.18. The number of para-hydroxylation sites is 1. The van der Waals surface area contributed by atoms with Crippen LogP contribution in [0.4, 0.5) is 0 Å². The van der Waals surface area contributed by atoms with Gasteiger partial charge in [0.1, 0.15) is 11.5 Å². The van der Waals surface area contributed by atoms with Gasteiger partial charge in [-0.25, -0.2) is 0 Å². The van der Waals surface area contributed by atoms with Crippen LogP contribution < -0.4 is 10.5 Å². The molecule has 0 amide bonds. The topological polar surface area (TPSA) is 67.8 Å². The van der Waals surface area contributed by atoms with Crippen molar-refractivity contribution in [3.63, 3.8) is 0 Å². The average molecular weight is 309 g/mol. The maximum absolute atomic E-state index is 8.83. The molecule has 0 atom stereocenters. The summed E-state index contributed by atoms with van der Waals surface area (Å²) in [6.45, 7) is 0. The largest absolute Gasteiger partial charge is 0.455 e. The molecule has 0 aliphatic rings. The van der Waals surface area contributed by atoms with Gasteiger partial charge in [0.25, 0.3) is 0 Å². The Kier molecular flexibility index (Phi) is 4.76. The predicted molar refractivity (Wildman–Crippen MR) is 82.3 cm³/mol. The highest BCUT2D eigenvalue weighted by molar-refractivity contribution is 7.98. The van der Waals surface area contributed by atoms with Crippen LogP contribution in [-0.2, 0) is 0 Å². The molecule has 0 spiro atoms. The lowest BCUT2D eigenvalue weighted by molar-refractivity contribution is 0.318. The second-order valence-corrected chi connectivity index (χ2v) is 5.16. The Balaban J connectivity index is 2.43. The molecule has 0 bridgehead atoms. The van der Waals surface area contributed by atoms with Crippen LogP contribution in [0.1, 0.15) is 5.56 Å². The summed E-state index contributed by atoms with van der Waals surface area (Å²) < 4.78 is 5.86. The van der Waals surface area contributed by atoms with Crippen LogP contribution in [0.2, 0.25) is 5.02 Å². The molecule has 6 heteroatoms. The van der Waals surface area contributed by atoms with Gasteiger partial charge in [0.2, 0.25) is 0 Å². The summed E-state index contributed by atoms with van der Waals surface area (Å²) in [6, 6.07) is 12.6. The number of nitrogens with zero attached hydrogens (tertiary/aromatic N) is 1. The van der Waals surface area contributed by atoms with E-state index in [1.807, 2.05) is 30.5 Å². The van der Waals surface area contributed by atoms with Gasteiger partial charge in [0, 0.05) is 9.92 Å². The van der Waals surface area contributed by atoms with Crippen molar-refractivity contribution in [2.45, 2.75) is 4.90 Å². The summed E-state index contributed by atoms with van der Waals surface area (Å²) in [6.07, 6.45) is 1.97. The molecule has 0 radical (unpaired) electrons. The maximum atomic E-state index is 8.83. The monoisotopic (exact) mass is 308 g/mol. The molecule has 2 aromatic rings. The number of ether oxygens (including phenoxy) is 1. The van der Waals surface area contributed by atoms with Crippen LogP contribution in [0.25, 0.3) is 0 Å². The van der Waals surface area contributed by atoms with E-state index in [2.05, 4.69) is 5.16 Å². The molecule has 0 heterocycles. The average Bonchev–Trinajstić information content (AvgIpc) is 2.48. The van der Waals surface area contributed by atoms with Gasteiger partial charge in [0.15, 0.2) is 5.84 Å². The number of hydrogen-bond acceptors (Lipinski definition) is 4. The molecule has 4 nitrogen and oxygen atoms in total. The van der Waals surface area contributed by atoms with Gasteiger partial charge in [-0.15, -0.1) is 11.8 Å². The Morgan fingerprint density at radius 3 is 2.70 bits per heavy atom. The Bertz CT molecular complexity index is 647. The Hall–Kier alpha value is -1.85. The number of thioether (sulfide) groups is 1. The van der Waals surface area contributed by atoms with Gasteiger partial charge in [-0.2, -0.15) is 0 Å². The van der Waals surface area contributed by atoms with Gasteiger partial charge < -0.3 is 15.7 Å². The van der Waals surface area contributed by atoms with Crippen molar-refractivity contribution < 1.29 is 9.94 Å². The van der Waals surface area contributed by atoms with Crippen molar-refractivity contribution in [1.82, 2.24) is 0 Å². The fraction of sp³-hybridized carbons (Fsp3) is 0.0714. The normalized spacial score (nSPS) is 11.4. The fourth-order valence-corrected chi connectivity index (χ4v) is 2.36. The zero-order valence-corrected chi connectivity index (χ0v) is 12.3. The minimum atomic E-state index is -0.0517. The first-order valence-corrected chi connectivity index (χ1v) is 7.34. The van der Waals surface area contributed by atoms with E-state index in [0.29, 0.717) is 22.1 Å². The van der Waals surface area contributed by atoms with Crippen molar-refractivity contribution in [1.29, 1.82) is 0 Å². The summed E-state index contributed by atoms with van der Waals surface area (Å²) in [7, 11) is 0. The zero-order chi connectivity index (χ0) is 14.5. The van der Waals surface area contributed by atoms with Gasteiger partial charge in [-0.3, -0.25) is 0 Å². The fourth-order valence-electron chi connectivity index (χ4n) is 1.67. The molecule has 0 saturated carbocycles. The lowest BCUT2D eigenvalue weighted by Crippen LogP contribution is -2.14. The van der Waals surface area contributed by atoms with E-state index in [9.17, 15) is 0 Å². The summed E-state index contributed by atoms with van der Waals surface area (Å²) in [5.41, 5.74) is 6.08. The lowest BCUT2D eigenvalue weighted by atomic mass is 10.2. The molecule has 0 saturated heterocycles. The van der Waals surface area contributed by atoms with Crippen LogP contribution in [0, 0.1) is 0 Å². The van der Waals surface area contributed by atoms with Crippen molar-refractivity contribution in [2.75, 3.05) is 6.26 Å². The molecular formula is C14H13ClN2O2S. The van der Waals surface area contributed by atoms with E-state index in [-0.39, 0.29) is 5.84 Å². The third-order valence-electron chi connectivity index (χ3n) is 2.61. The van der Waals surface area contributed by atoms with Crippen molar-refractivity contribution in [3.8, 4) is 11.5 Å². The van der Waals surface area contributed by atoms with E-state index in [1.165, 1.54) is 0 Å². The summed E-state index contributed by atoms with van der Waals surface area (Å²) in [5.74, 6) is 1.13. The van der Waals surface area contributed by atoms with Crippen LogP contribution in [-0.4, -0.2) is 17.3 Å². The molecule has 3 N–H and O–H groups in total. The van der Waals surface area contributed by atoms with E-state index < -0.39 is 0 Å². The minimum absolute atomic E-state index is 0.0517. The second kappa shape index (κ2) is 6.54. The van der Waals surface area contributed by atoms with E-state index in [1.54, 1.807) is 30.0 Å². The molecule has 0 aliphatic carbocycles. The number of amidine groups is 1. The molecule has 0 unspecified atom stereocenters. The van der Waals surface area contributed by atoms with Crippen LogP contribution in [0.15, 0.2) is 52.5 Å². The number of rotatable bonds is 4. The Morgan fingerprint density at radius 1 is 1.25 bits per heavy atom. The molecule has 104 valence electrons. The van der Waals surface area contributed by atoms with Gasteiger partial charge in [-0.1, -0.05) is 28.9 Å². The zero-order valence-electron chi connectivity index (χ0n) is 10.7. The molecule has 2 aromatic carbocycles. The maximum Gasteiger partial charge on any atom is 0.173 e. The van der Waals surface area contributed by atoms with E-state index >= 15 is 0 Å². The van der Waals surface area contributed by atoms with Gasteiger partial charge in [0.05, 0.1) is 5.56 Å². The second-order valence-electron chi connectivity index (χ2n) is 3.88. The molecule has 0 fully saturated rings. The van der Waals surface area contributed by atoms with E-state index in [0.717, 1.165) is 4.90 Å². The van der Waals surface area contributed by atoms with Crippen LogP contribution in [0.5, 0.6) is 11.5 Å². The third-order valence-corrected chi connectivity index (χ3v) is 3.63. The highest BCUT2D eigenvalue weighted by Gasteiger charge is 2.12. The number of halogens is 1. The summed E-state index contributed by atoms with van der Waals surface area (Å²) in [4.78, 5) is 0.993. The standard InChI is InChI=1S/C14H13ClN2O2S/c1-20-13-5-3-2-4-12(13)19-11-7-6-9(15)8-10(11)14(16)17-18/h2-8,18H,1H3,(H2,16,17). The van der Waals surface area contributed by atoms with Crippen molar-refractivity contribution in [2.24, 2.45) is 10.9 Å². The Labute approximate surface area is 126 Å². The first-order valence-electron chi connectivity index (χ1n) is 5.74. The molecule has 2 rings (SSSR count). The van der Waals surface area contributed by atoms with Crippen LogP contribution >= 0.6 is 23.4 Å². The number of benzene rings is 2. The van der Waals surface area contributed by atoms with Gasteiger partial charge in [-0.05, 0) is 36.6 Å². The molecule has 0 aliphatic heterocycles. The van der Waals surface area contributed by atoms with E-state index in [4.69, 9.17) is 27.3 Å². The Morgan fingerprint density at radius 2 is 2.00 bits per heavy atom. The molecule has 0 aromatic heterocycles. The summed E-state index contributed by atoms with van der Waals surface area (Å²) in [5, 5.41) is 12.3. The predicted octanol–water partition coefficient (Wildman–Crippen LogP) is 3.95. The highest BCUT2D eigenvalue weighted by atomic mass is 35.5. The number of nitrogens with two attached hydrogens (primary N) is 1. The smallest absolute Gasteiger partial charge is 0.173 e. The first-order chi connectivity index (χ1) is 9.65. The quantitative estimate of drug-likeness (QED) is 0.295. The van der Waals surface area contributed by atoms with Gasteiger partial charge >= 0.3 is 0 Å². The first kappa shape index (κ1) is 14.6. The highest BCUT2D eigenvalue weighted by Crippen LogP contribution is 2.33. The number of oxime groups is 1. The van der Waals surface area contributed by atoms with Crippen LogP contribution in [0.3, 0.4) is 0 Å². The number of hydrogen-bond donors (Lipinski definition) is 2. The van der Waals surface area contributed by atoms with Crippen molar-refractivity contribution in [3.05, 3.63) is 53.1 Å². The molecule has 20 heavy (non-hydrogen) atoms.